The Kier molecular flexibility index (Phi) is 33.1. The number of ether oxygens (including phenoxy) is 12. The first-order valence-electron chi connectivity index (χ1n) is 39.0. The van der Waals surface area contributed by atoms with Gasteiger partial charge in [-0.1, -0.05) is 81.1 Å². The number of amides is 3. The summed E-state index contributed by atoms with van der Waals surface area (Å²) in [5.74, 6) is -5.16. The molecule has 646 valence electrons. The van der Waals surface area contributed by atoms with Crippen molar-refractivity contribution < 1.29 is 142 Å². The van der Waals surface area contributed by atoms with Gasteiger partial charge in [-0.05, 0) is 88.5 Å². The Morgan fingerprint density at radius 1 is 0.387 bits per heavy atom. The molecule has 5 rings (SSSR count). The Morgan fingerprint density at radius 2 is 0.694 bits per heavy atom. The molecule has 111 heavy (non-hydrogen) atoms. The van der Waals surface area contributed by atoms with Crippen LogP contribution in [-0.4, -0.2) is 328 Å². The number of nitrogens with one attached hydrogen (secondary N) is 4. The molecule has 34 nitrogen and oxygen atoms in total. The number of methoxy groups -OCH3 is 1. The molecule has 0 aromatic carbocycles. The Balaban J connectivity index is 1.42. The fraction of sp³-hybridized carbons (Fsp3) is 0.922. The number of aliphatic hydroxyl groups excluding tert-OH is 3. The smallest absolute Gasteiger partial charge is 0.329 e. The van der Waals surface area contributed by atoms with E-state index in [1.165, 1.54) is 55.6 Å². The van der Waals surface area contributed by atoms with Crippen molar-refractivity contribution in [1.29, 1.82) is 0 Å². The fourth-order valence-electron chi connectivity index (χ4n) is 18.1. The van der Waals surface area contributed by atoms with E-state index in [2.05, 4.69) is 21.3 Å². The van der Waals surface area contributed by atoms with Crippen molar-refractivity contribution in [2.75, 3.05) is 119 Å². The number of hydrogen-bond donors (Lipinski definition) is 16. The standard InChI is InChI=1S/C77H139N5O29/c1-21-24-26-28-53(87)81-61-69(11,42-100-20)107-49(32-84)66(8,77(61,19)99)40-104-44-70(12)59(79-30-55(89)90)74(16,96)64(6,48(31-83)108-70)38-103-43-68(10)58(78)73(15,95)67(9,52(110-68)35-102-37-57(93)94)41-106-45-71(13)60(80-47(4)86)76(18,98)65(7,50(33-85)109-71)39-105-46-72(14)62(82-54(88)29-27-25-22-2)75(17,97)63(5,23-3)51(111-72)34-101-36-56(91)92/h48-52,58-62,79,83-85,95-99H,21-46,78H2,1-20H3,(H,80,86)(H,81,87)(H,82,88)(H,89,90)(H,91,92)(H,93,94). The zero-order valence-electron chi connectivity index (χ0n) is 69.5. The Labute approximate surface area is 654 Å². The molecule has 34 heteroatoms. The van der Waals surface area contributed by atoms with Crippen LogP contribution in [0.2, 0.25) is 0 Å². The second kappa shape index (κ2) is 37.7. The lowest BCUT2D eigenvalue weighted by atomic mass is 9.59. The van der Waals surface area contributed by atoms with E-state index in [4.69, 9.17) is 62.6 Å². The van der Waals surface area contributed by atoms with Crippen LogP contribution in [-0.2, 0) is 85.6 Å². The zero-order chi connectivity index (χ0) is 84.4. The van der Waals surface area contributed by atoms with E-state index >= 15 is 0 Å². The van der Waals surface area contributed by atoms with E-state index < -0.39 is 253 Å². The van der Waals surface area contributed by atoms with Gasteiger partial charge in [0, 0.05) is 43.1 Å². The molecular weight excluding hydrogens is 1460 g/mol. The maximum Gasteiger partial charge on any atom is 0.329 e. The normalized spacial score (nSPS) is 42.6. The lowest BCUT2D eigenvalue weighted by Crippen LogP contribution is -2.79. The highest BCUT2D eigenvalue weighted by molar-refractivity contribution is 5.77. The summed E-state index contributed by atoms with van der Waals surface area (Å²) >= 11 is 0. The first kappa shape index (κ1) is 97.5. The summed E-state index contributed by atoms with van der Waals surface area (Å²) < 4.78 is 76.6. The van der Waals surface area contributed by atoms with Crippen LogP contribution < -0.4 is 27.0 Å². The van der Waals surface area contributed by atoms with E-state index in [0.29, 0.717) is 19.3 Å². The lowest BCUT2D eigenvalue weighted by Gasteiger charge is -2.62. The molecule has 5 fully saturated rings. The zero-order valence-corrected chi connectivity index (χ0v) is 69.5. The number of aliphatic hydroxyl groups is 8. The highest BCUT2D eigenvalue weighted by atomic mass is 16.6. The van der Waals surface area contributed by atoms with Crippen molar-refractivity contribution in [2.45, 2.75) is 306 Å². The Morgan fingerprint density at radius 3 is 1.03 bits per heavy atom. The molecule has 0 saturated carbocycles. The van der Waals surface area contributed by atoms with Crippen LogP contribution in [0, 0.1) is 27.1 Å². The maximum atomic E-state index is 13.7. The van der Waals surface area contributed by atoms with Gasteiger partial charge in [-0.15, -0.1) is 0 Å². The van der Waals surface area contributed by atoms with Crippen molar-refractivity contribution in [1.82, 2.24) is 21.3 Å². The molecule has 25 atom stereocenters. The summed E-state index contributed by atoms with van der Waals surface area (Å²) in [6, 6.07) is -6.38. The fourth-order valence-corrected chi connectivity index (χ4v) is 18.1. The second-order valence-corrected chi connectivity index (χ2v) is 35.3. The molecular formula is C77H139N5O29. The molecule has 0 aromatic rings. The molecule has 0 spiro atoms. The van der Waals surface area contributed by atoms with E-state index in [-0.39, 0.29) is 51.1 Å². The van der Waals surface area contributed by atoms with Crippen LogP contribution >= 0.6 is 0 Å². The van der Waals surface area contributed by atoms with E-state index in [9.17, 15) is 84.9 Å². The van der Waals surface area contributed by atoms with E-state index in [0.717, 1.165) is 25.7 Å². The van der Waals surface area contributed by atoms with Crippen LogP contribution in [0.3, 0.4) is 0 Å². The number of nitrogens with two attached hydrogens (primary N) is 1. The van der Waals surface area contributed by atoms with Crippen LogP contribution in [0.5, 0.6) is 0 Å². The number of rotatable bonds is 44. The van der Waals surface area contributed by atoms with Crippen molar-refractivity contribution in [3.63, 3.8) is 0 Å². The molecule has 5 saturated heterocycles. The first-order chi connectivity index (χ1) is 51.2. The molecule has 0 aromatic heterocycles. The summed E-state index contributed by atoms with van der Waals surface area (Å²) in [4.78, 5) is 76.5. The van der Waals surface area contributed by atoms with Gasteiger partial charge in [0.1, 0.15) is 41.2 Å². The van der Waals surface area contributed by atoms with Gasteiger partial charge in [0.25, 0.3) is 0 Å². The molecule has 25 unspecified atom stereocenters. The maximum absolute atomic E-state index is 13.7. The minimum absolute atomic E-state index is 0.0813. The number of carbonyl (C=O) groups is 6. The Hall–Kier alpha value is -4.06. The van der Waals surface area contributed by atoms with Gasteiger partial charge in [0.2, 0.25) is 17.7 Å². The molecule has 5 heterocycles. The van der Waals surface area contributed by atoms with Crippen molar-refractivity contribution in [3.8, 4) is 0 Å². The highest BCUT2D eigenvalue weighted by Crippen LogP contribution is 2.56. The van der Waals surface area contributed by atoms with Gasteiger partial charge in [0.05, 0.1) is 199 Å². The largest absolute Gasteiger partial charge is 0.480 e. The quantitative estimate of drug-likeness (QED) is 0.0376. The molecule has 3 amide bonds. The summed E-state index contributed by atoms with van der Waals surface area (Å²) in [6.45, 7) is 21.9. The second-order valence-electron chi connectivity index (χ2n) is 35.3. The predicted molar refractivity (Wildman–Crippen MR) is 401 cm³/mol. The molecule has 0 aliphatic carbocycles. The summed E-state index contributed by atoms with van der Waals surface area (Å²) in [6.07, 6.45) is -0.862. The number of hydrogen-bond acceptors (Lipinski definition) is 28. The molecule has 5 aliphatic heterocycles. The average molecular weight is 1600 g/mol. The van der Waals surface area contributed by atoms with Gasteiger partial charge >= 0.3 is 17.9 Å². The third-order valence-electron chi connectivity index (χ3n) is 26.6. The van der Waals surface area contributed by atoms with E-state index in [1.54, 1.807) is 62.3 Å². The number of carboxylic acid groups (broad SMARTS) is 3. The van der Waals surface area contributed by atoms with Crippen LogP contribution in [0.1, 0.15) is 189 Å². The topological polar surface area (TPSA) is 510 Å². The van der Waals surface area contributed by atoms with Gasteiger partial charge in [0.15, 0.2) is 0 Å². The van der Waals surface area contributed by atoms with Crippen LogP contribution in [0.4, 0.5) is 0 Å². The lowest BCUT2D eigenvalue weighted by molar-refractivity contribution is -0.326. The van der Waals surface area contributed by atoms with Crippen LogP contribution in [0.15, 0.2) is 0 Å². The number of carboxylic acids is 3. The number of carbonyl (C=O) groups excluding carboxylic acids is 3. The van der Waals surface area contributed by atoms with Crippen molar-refractivity contribution in [3.05, 3.63) is 0 Å². The number of unbranched alkanes of at least 4 members (excludes halogenated alkanes) is 4. The van der Waals surface area contributed by atoms with Gasteiger partial charge in [-0.3, -0.25) is 24.5 Å². The summed E-state index contributed by atoms with van der Waals surface area (Å²) in [7, 11) is 1.44. The van der Waals surface area contributed by atoms with Gasteiger partial charge in [-0.25, -0.2) is 9.59 Å². The van der Waals surface area contributed by atoms with Crippen molar-refractivity contribution >= 4 is 35.6 Å². The average Bonchev–Trinajstić information content (AvgIpc) is 0.731. The third kappa shape index (κ3) is 19.9. The molecule has 5 aliphatic rings. The summed E-state index contributed by atoms with van der Waals surface area (Å²) in [5, 5.41) is 139. The van der Waals surface area contributed by atoms with Crippen LogP contribution in [0.25, 0.3) is 0 Å². The molecule has 0 radical (unpaired) electrons. The van der Waals surface area contributed by atoms with Gasteiger partial charge < -0.3 is 135 Å². The minimum atomic E-state index is -2.09. The predicted octanol–water partition coefficient (Wildman–Crippen LogP) is 0.867. The van der Waals surface area contributed by atoms with Crippen molar-refractivity contribution in [2.24, 2.45) is 32.8 Å². The SMILES string of the molecule is CCCCCC(=O)NC1C(C)(COCC2(C)C(CO)OC(C)(COCC3(C)C(COCC(=O)O)OC(C)(COCC4(C)C(CO)OC(C)(COCC5(C)C(CO)OC(C)(COC)C(NC(=O)CCCCC)C5(C)O)C(NCC(=O)O)C4(C)O)C(N)C3(C)O)C(NC(C)=O)C2(C)O)OC(COCC(=O)O)C(C)(CC)C1(C)O. The monoisotopic (exact) mass is 1600 g/mol. The van der Waals surface area contributed by atoms with E-state index in [1.807, 2.05) is 20.8 Å². The Bertz CT molecular complexity index is 3100. The summed E-state index contributed by atoms with van der Waals surface area (Å²) in [5.41, 5.74) is -18.3. The van der Waals surface area contributed by atoms with Gasteiger partial charge in [-0.2, -0.15) is 0 Å². The third-order valence-corrected chi connectivity index (χ3v) is 26.6. The minimum Gasteiger partial charge on any atom is -0.480 e. The molecule has 0 bridgehead atoms. The number of aliphatic carboxylic acids is 3. The highest BCUT2D eigenvalue weighted by Gasteiger charge is 2.71. The first-order valence-corrected chi connectivity index (χ1v) is 39.0. The molecule has 17 N–H and O–H groups in total.